The molecule has 3 rings (SSSR count). The number of nitrogens with zero attached hydrogens (tertiary/aromatic N) is 2. The van der Waals surface area contributed by atoms with Crippen LogP contribution in [0.5, 0.6) is 0 Å². The van der Waals surface area contributed by atoms with Gasteiger partial charge in [0.15, 0.2) is 0 Å². The zero-order chi connectivity index (χ0) is 12.7. The number of hydrogen-bond donors (Lipinski definition) is 1. The second kappa shape index (κ2) is 4.26. The van der Waals surface area contributed by atoms with Gasteiger partial charge in [0.1, 0.15) is 0 Å². The minimum atomic E-state index is 0.113. The van der Waals surface area contributed by atoms with E-state index >= 15 is 0 Å². The van der Waals surface area contributed by atoms with Crippen LogP contribution in [0.2, 0.25) is 0 Å². The van der Waals surface area contributed by atoms with Gasteiger partial charge in [-0.25, -0.2) is 0 Å². The average molecular weight is 245 g/mol. The minimum absolute atomic E-state index is 0.113. The van der Waals surface area contributed by atoms with Crippen molar-refractivity contribution in [2.24, 2.45) is 5.92 Å². The third kappa shape index (κ3) is 2.33. The molecule has 0 aromatic carbocycles. The molecule has 2 N–H and O–H groups in total. The van der Waals surface area contributed by atoms with E-state index in [1.807, 2.05) is 11.8 Å². The lowest BCUT2D eigenvalue weighted by Gasteiger charge is -2.23. The second-order valence-electron chi connectivity index (χ2n) is 5.53. The van der Waals surface area contributed by atoms with Gasteiger partial charge < -0.3 is 10.6 Å². The van der Waals surface area contributed by atoms with E-state index in [-0.39, 0.29) is 5.91 Å². The fraction of sp³-hybridized carbons (Fsp3) is 0.571. The number of anilines is 1. The molecule has 1 amide bonds. The van der Waals surface area contributed by atoms with Gasteiger partial charge in [0.05, 0.1) is 23.1 Å². The SMILES string of the molecule is Cc1ncc(N)cc1C(=O)N(CC1CC1)C1CC1. The molecule has 0 saturated heterocycles. The zero-order valence-electron chi connectivity index (χ0n) is 10.7. The van der Waals surface area contributed by atoms with Crippen molar-refractivity contribution in [3.8, 4) is 0 Å². The predicted octanol–water partition coefficient (Wildman–Crippen LogP) is 1.99. The van der Waals surface area contributed by atoms with Crippen LogP contribution in [0.4, 0.5) is 5.69 Å². The number of aromatic nitrogens is 1. The summed E-state index contributed by atoms with van der Waals surface area (Å²) in [5.74, 6) is 0.838. The molecule has 2 aliphatic carbocycles. The average Bonchev–Trinajstić information content (AvgIpc) is 3.21. The van der Waals surface area contributed by atoms with Crippen LogP contribution in [-0.4, -0.2) is 28.4 Å². The number of nitrogen functional groups attached to an aromatic ring is 1. The summed E-state index contributed by atoms with van der Waals surface area (Å²) in [5.41, 5.74) is 7.74. The minimum Gasteiger partial charge on any atom is -0.397 e. The number of rotatable bonds is 4. The molecule has 0 aliphatic heterocycles. The van der Waals surface area contributed by atoms with Crippen LogP contribution in [0.25, 0.3) is 0 Å². The second-order valence-corrected chi connectivity index (χ2v) is 5.53. The number of carbonyl (C=O) groups is 1. The van der Waals surface area contributed by atoms with E-state index in [0.717, 1.165) is 31.0 Å². The number of pyridine rings is 1. The maximum atomic E-state index is 12.6. The van der Waals surface area contributed by atoms with Gasteiger partial charge in [0.25, 0.3) is 5.91 Å². The molecule has 2 aliphatic rings. The lowest BCUT2D eigenvalue weighted by atomic mass is 10.1. The zero-order valence-corrected chi connectivity index (χ0v) is 10.7. The van der Waals surface area contributed by atoms with Crippen LogP contribution in [0.3, 0.4) is 0 Å². The number of amides is 1. The fourth-order valence-corrected chi connectivity index (χ4v) is 2.28. The van der Waals surface area contributed by atoms with Crippen molar-refractivity contribution in [2.45, 2.75) is 38.6 Å². The molecule has 18 heavy (non-hydrogen) atoms. The number of hydrogen-bond acceptors (Lipinski definition) is 3. The monoisotopic (exact) mass is 245 g/mol. The quantitative estimate of drug-likeness (QED) is 0.882. The molecule has 1 heterocycles. The Labute approximate surface area is 107 Å². The smallest absolute Gasteiger partial charge is 0.256 e. The Hall–Kier alpha value is -1.58. The molecule has 2 saturated carbocycles. The summed E-state index contributed by atoms with van der Waals surface area (Å²) in [6, 6.07) is 2.21. The topological polar surface area (TPSA) is 59.2 Å². The molecule has 96 valence electrons. The van der Waals surface area contributed by atoms with E-state index < -0.39 is 0 Å². The van der Waals surface area contributed by atoms with E-state index in [2.05, 4.69) is 4.98 Å². The standard InChI is InChI=1S/C14H19N3O/c1-9-13(6-11(15)7-16-9)14(18)17(12-4-5-12)8-10-2-3-10/h6-7,10,12H,2-5,8,15H2,1H3. The lowest BCUT2D eigenvalue weighted by Crippen LogP contribution is -2.35. The van der Waals surface area contributed by atoms with E-state index in [1.165, 1.54) is 12.8 Å². The number of aryl methyl sites for hydroxylation is 1. The maximum absolute atomic E-state index is 12.6. The van der Waals surface area contributed by atoms with Gasteiger partial charge in [0, 0.05) is 12.6 Å². The van der Waals surface area contributed by atoms with Crippen LogP contribution in [-0.2, 0) is 0 Å². The van der Waals surface area contributed by atoms with Crippen LogP contribution in [0.15, 0.2) is 12.3 Å². The Morgan fingerprint density at radius 2 is 2.17 bits per heavy atom. The molecule has 2 fully saturated rings. The van der Waals surface area contributed by atoms with Gasteiger partial charge in [-0.1, -0.05) is 0 Å². The highest BCUT2D eigenvalue weighted by atomic mass is 16.2. The first-order valence-corrected chi connectivity index (χ1v) is 6.68. The summed E-state index contributed by atoms with van der Waals surface area (Å²) in [5, 5.41) is 0. The molecule has 0 spiro atoms. The summed E-state index contributed by atoms with van der Waals surface area (Å²) in [6.07, 6.45) is 6.43. The molecule has 4 nitrogen and oxygen atoms in total. The Bertz CT molecular complexity index is 478. The first kappa shape index (κ1) is 11.5. The maximum Gasteiger partial charge on any atom is 0.256 e. The van der Waals surface area contributed by atoms with Gasteiger partial charge in [-0.15, -0.1) is 0 Å². The van der Waals surface area contributed by atoms with Crippen molar-refractivity contribution in [3.05, 3.63) is 23.5 Å². The van der Waals surface area contributed by atoms with Crippen molar-refractivity contribution in [2.75, 3.05) is 12.3 Å². The van der Waals surface area contributed by atoms with E-state index in [4.69, 9.17) is 5.73 Å². The summed E-state index contributed by atoms with van der Waals surface area (Å²) in [7, 11) is 0. The number of nitrogens with two attached hydrogens (primary N) is 1. The third-order valence-corrected chi connectivity index (χ3v) is 3.74. The van der Waals surface area contributed by atoms with Crippen LogP contribution < -0.4 is 5.73 Å². The van der Waals surface area contributed by atoms with Gasteiger partial charge in [0.2, 0.25) is 0 Å². The molecule has 1 aromatic rings. The van der Waals surface area contributed by atoms with Crippen LogP contribution >= 0.6 is 0 Å². The highest BCUT2D eigenvalue weighted by Gasteiger charge is 2.37. The van der Waals surface area contributed by atoms with Crippen LogP contribution in [0, 0.1) is 12.8 Å². The van der Waals surface area contributed by atoms with Crippen molar-refractivity contribution in [1.82, 2.24) is 9.88 Å². The van der Waals surface area contributed by atoms with Crippen LogP contribution in [0.1, 0.15) is 41.7 Å². The molecule has 0 radical (unpaired) electrons. The highest BCUT2D eigenvalue weighted by molar-refractivity contribution is 5.96. The molecule has 1 aromatic heterocycles. The number of carbonyl (C=O) groups excluding carboxylic acids is 1. The van der Waals surface area contributed by atoms with E-state index in [0.29, 0.717) is 17.3 Å². The van der Waals surface area contributed by atoms with Gasteiger partial charge in [-0.2, -0.15) is 0 Å². The Morgan fingerprint density at radius 1 is 1.44 bits per heavy atom. The van der Waals surface area contributed by atoms with Gasteiger partial charge in [-0.3, -0.25) is 9.78 Å². The molecule has 0 unspecified atom stereocenters. The summed E-state index contributed by atoms with van der Waals surface area (Å²) >= 11 is 0. The van der Waals surface area contributed by atoms with Gasteiger partial charge in [-0.05, 0) is 44.6 Å². The largest absolute Gasteiger partial charge is 0.397 e. The molecular formula is C14H19N3O. The van der Waals surface area contributed by atoms with Crippen molar-refractivity contribution >= 4 is 11.6 Å². The van der Waals surface area contributed by atoms with Gasteiger partial charge >= 0.3 is 0 Å². The summed E-state index contributed by atoms with van der Waals surface area (Å²) < 4.78 is 0. The van der Waals surface area contributed by atoms with E-state index in [1.54, 1.807) is 12.3 Å². The fourth-order valence-electron chi connectivity index (χ4n) is 2.28. The Kier molecular flexibility index (Phi) is 2.73. The van der Waals surface area contributed by atoms with E-state index in [9.17, 15) is 4.79 Å². The predicted molar refractivity (Wildman–Crippen MR) is 70.2 cm³/mol. The molecule has 0 bridgehead atoms. The Morgan fingerprint density at radius 3 is 2.78 bits per heavy atom. The molecule has 0 atom stereocenters. The molecule has 4 heteroatoms. The first-order chi connectivity index (χ1) is 8.65. The first-order valence-electron chi connectivity index (χ1n) is 6.68. The molecular weight excluding hydrogens is 226 g/mol. The van der Waals surface area contributed by atoms with Crippen molar-refractivity contribution in [1.29, 1.82) is 0 Å². The highest BCUT2D eigenvalue weighted by Crippen LogP contribution is 2.35. The normalized spacial score (nSPS) is 18.7. The van der Waals surface area contributed by atoms with Crippen molar-refractivity contribution in [3.63, 3.8) is 0 Å². The third-order valence-electron chi connectivity index (χ3n) is 3.74. The lowest BCUT2D eigenvalue weighted by molar-refractivity contribution is 0.0733. The van der Waals surface area contributed by atoms with Crippen molar-refractivity contribution < 1.29 is 4.79 Å². The Balaban J connectivity index is 1.83. The summed E-state index contributed by atoms with van der Waals surface area (Å²) in [4.78, 5) is 18.8. The summed E-state index contributed by atoms with van der Waals surface area (Å²) in [6.45, 7) is 2.78.